The Kier molecular flexibility index (Phi) is 6.24. The van der Waals surface area contributed by atoms with Crippen LogP contribution in [0.3, 0.4) is 0 Å². The third-order valence-corrected chi connectivity index (χ3v) is 2.46. The first-order valence-corrected chi connectivity index (χ1v) is 5.95. The molecule has 0 fully saturated rings. The Morgan fingerprint density at radius 1 is 1.35 bits per heavy atom. The van der Waals surface area contributed by atoms with Crippen molar-refractivity contribution in [2.24, 2.45) is 0 Å². The fourth-order valence-electron chi connectivity index (χ4n) is 1.43. The number of amides is 1. The van der Waals surface area contributed by atoms with Gasteiger partial charge in [0, 0.05) is 33.3 Å². The van der Waals surface area contributed by atoms with E-state index in [1.165, 1.54) is 0 Å². The number of hydrogen-bond donors (Lipinski definition) is 1. The number of aromatic nitrogens is 3. The molecule has 0 aliphatic heterocycles. The lowest BCUT2D eigenvalue weighted by Crippen LogP contribution is -2.24. The molecule has 1 amide bonds. The molecule has 96 valence electrons. The van der Waals surface area contributed by atoms with Gasteiger partial charge in [-0.25, -0.2) is 0 Å². The van der Waals surface area contributed by atoms with Crippen molar-refractivity contribution in [1.82, 2.24) is 25.2 Å². The average Bonchev–Trinajstić information content (AvgIpc) is 2.80. The highest BCUT2D eigenvalue weighted by molar-refractivity contribution is 5.75. The van der Waals surface area contributed by atoms with E-state index in [0.717, 1.165) is 32.5 Å². The molecule has 0 aliphatic rings. The normalized spacial score (nSPS) is 10.5. The summed E-state index contributed by atoms with van der Waals surface area (Å²) in [5.74, 6) is 0.189. The topological polar surface area (TPSA) is 63.1 Å². The lowest BCUT2D eigenvalue weighted by molar-refractivity contribution is -0.128. The molecule has 0 spiro atoms. The average molecular weight is 239 g/mol. The van der Waals surface area contributed by atoms with Crippen molar-refractivity contribution in [2.45, 2.75) is 25.8 Å². The summed E-state index contributed by atoms with van der Waals surface area (Å²) >= 11 is 0. The summed E-state index contributed by atoms with van der Waals surface area (Å²) in [6.45, 7) is 2.70. The minimum Gasteiger partial charge on any atom is -0.349 e. The first-order chi connectivity index (χ1) is 8.20. The van der Waals surface area contributed by atoms with Crippen LogP contribution in [-0.2, 0) is 11.3 Å². The summed E-state index contributed by atoms with van der Waals surface area (Å²) in [4.78, 5) is 12.9. The van der Waals surface area contributed by atoms with Crippen LogP contribution < -0.4 is 5.32 Å². The van der Waals surface area contributed by atoms with E-state index in [2.05, 4.69) is 15.6 Å². The number of carbonyl (C=O) groups is 1. The second-order valence-corrected chi connectivity index (χ2v) is 4.16. The van der Waals surface area contributed by atoms with Crippen LogP contribution >= 0.6 is 0 Å². The largest absolute Gasteiger partial charge is 0.349 e. The van der Waals surface area contributed by atoms with Crippen molar-refractivity contribution in [3.63, 3.8) is 0 Å². The van der Waals surface area contributed by atoms with Gasteiger partial charge in [-0.15, -0.1) is 5.10 Å². The Hall–Kier alpha value is -1.43. The van der Waals surface area contributed by atoms with Crippen molar-refractivity contribution in [3.05, 3.63) is 12.4 Å². The third-order valence-electron chi connectivity index (χ3n) is 2.46. The summed E-state index contributed by atoms with van der Waals surface area (Å²) in [6, 6.07) is 0. The van der Waals surface area contributed by atoms with Gasteiger partial charge in [0.25, 0.3) is 0 Å². The molecule has 1 N–H and O–H groups in total. The quantitative estimate of drug-likeness (QED) is 0.655. The Bertz CT molecular complexity index is 310. The first-order valence-electron chi connectivity index (χ1n) is 5.95. The minimum atomic E-state index is 0.189. The fraction of sp³-hybridized carbons (Fsp3) is 0.727. The van der Waals surface area contributed by atoms with E-state index >= 15 is 0 Å². The molecule has 0 bridgehead atoms. The third kappa shape index (κ3) is 6.01. The molecule has 1 aromatic rings. The summed E-state index contributed by atoms with van der Waals surface area (Å²) in [5, 5.41) is 10.9. The molecule has 0 saturated heterocycles. The van der Waals surface area contributed by atoms with E-state index in [-0.39, 0.29) is 5.91 Å². The number of aryl methyl sites for hydroxylation is 1. The maximum absolute atomic E-state index is 11.3. The predicted molar refractivity (Wildman–Crippen MR) is 65.4 cm³/mol. The van der Waals surface area contributed by atoms with Gasteiger partial charge in [-0.1, -0.05) is 5.21 Å². The highest BCUT2D eigenvalue weighted by Gasteiger charge is 2.02. The highest BCUT2D eigenvalue weighted by atomic mass is 16.2. The first kappa shape index (κ1) is 13.6. The highest BCUT2D eigenvalue weighted by Crippen LogP contribution is 1.92. The molecule has 0 radical (unpaired) electrons. The molecular weight excluding hydrogens is 218 g/mol. The summed E-state index contributed by atoms with van der Waals surface area (Å²) in [7, 11) is 3.57. The summed E-state index contributed by atoms with van der Waals surface area (Å²) < 4.78 is 1.82. The molecule has 0 aliphatic carbocycles. The van der Waals surface area contributed by atoms with Gasteiger partial charge in [0.05, 0.1) is 6.20 Å². The van der Waals surface area contributed by atoms with Crippen LogP contribution in [0.4, 0.5) is 0 Å². The second-order valence-electron chi connectivity index (χ2n) is 4.16. The zero-order chi connectivity index (χ0) is 12.5. The Labute approximate surface area is 102 Å². The summed E-state index contributed by atoms with van der Waals surface area (Å²) in [6.07, 6.45) is 6.06. The monoisotopic (exact) mass is 239 g/mol. The SMILES string of the molecule is CN(C)C(=O)CCCNCCCn1ccnn1. The van der Waals surface area contributed by atoms with Gasteiger partial charge in [0.2, 0.25) is 5.91 Å². The van der Waals surface area contributed by atoms with Gasteiger partial charge >= 0.3 is 0 Å². The zero-order valence-corrected chi connectivity index (χ0v) is 10.6. The number of rotatable bonds is 8. The number of nitrogens with one attached hydrogen (secondary N) is 1. The van der Waals surface area contributed by atoms with Crippen LogP contribution in [0.5, 0.6) is 0 Å². The van der Waals surface area contributed by atoms with E-state index in [9.17, 15) is 4.79 Å². The molecule has 6 nitrogen and oxygen atoms in total. The van der Waals surface area contributed by atoms with Gasteiger partial charge in [0.1, 0.15) is 0 Å². The van der Waals surface area contributed by atoms with Gasteiger partial charge in [-0.3, -0.25) is 9.48 Å². The Morgan fingerprint density at radius 2 is 2.12 bits per heavy atom. The van der Waals surface area contributed by atoms with Crippen molar-refractivity contribution in [1.29, 1.82) is 0 Å². The molecule has 0 unspecified atom stereocenters. The van der Waals surface area contributed by atoms with E-state index in [1.807, 2.05) is 10.9 Å². The number of nitrogens with zero attached hydrogens (tertiary/aromatic N) is 4. The smallest absolute Gasteiger partial charge is 0.222 e. The number of hydrogen-bond acceptors (Lipinski definition) is 4. The van der Waals surface area contributed by atoms with Crippen molar-refractivity contribution in [2.75, 3.05) is 27.2 Å². The maximum Gasteiger partial charge on any atom is 0.222 e. The van der Waals surface area contributed by atoms with Crippen LogP contribution in [0.25, 0.3) is 0 Å². The number of carbonyl (C=O) groups excluding carboxylic acids is 1. The molecule has 6 heteroatoms. The Balaban J connectivity index is 1.89. The second kappa shape index (κ2) is 7.78. The van der Waals surface area contributed by atoms with Gasteiger partial charge in [0.15, 0.2) is 0 Å². The molecule has 0 saturated carbocycles. The fourth-order valence-corrected chi connectivity index (χ4v) is 1.43. The summed E-state index contributed by atoms with van der Waals surface area (Å²) in [5.41, 5.74) is 0. The standard InChI is InChI=1S/C11H21N5O/c1-15(2)11(17)5-3-6-12-7-4-9-16-10-8-13-14-16/h8,10,12H,3-7,9H2,1-2H3. The van der Waals surface area contributed by atoms with Crippen molar-refractivity contribution < 1.29 is 4.79 Å². The molecule has 0 atom stereocenters. The van der Waals surface area contributed by atoms with E-state index in [4.69, 9.17) is 0 Å². The maximum atomic E-state index is 11.3. The minimum absolute atomic E-state index is 0.189. The molecule has 17 heavy (non-hydrogen) atoms. The molecule has 0 aromatic carbocycles. The lowest BCUT2D eigenvalue weighted by atomic mass is 10.3. The van der Waals surface area contributed by atoms with Crippen molar-refractivity contribution in [3.8, 4) is 0 Å². The molecule has 1 rings (SSSR count). The van der Waals surface area contributed by atoms with E-state index in [0.29, 0.717) is 6.42 Å². The van der Waals surface area contributed by atoms with Crippen molar-refractivity contribution >= 4 is 5.91 Å². The zero-order valence-electron chi connectivity index (χ0n) is 10.6. The van der Waals surface area contributed by atoms with E-state index < -0.39 is 0 Å². The van der Waals surface area contributed by atoms with Crippen LogP contribution in [-0.4, -0.2) is 53.0 Å². The van der Waals surface area contributed by atoms with Gasteiger partial charge in [-0.2, -0.15) is 0 Å². The van der Waals surface area contributed by atoms with Gasteiger partial charge < -0.3 is 10.2 Å². The lowest BCUT2D eigenvalue weighted by Gasteiger charge is -2.10. The van der Waals surface area contributed by atoms with E-state index in [1.54, 1.807) is 25.2 Å². The predicted octanol–water partition coefficient (Wildman–Crippen LogP) is 0.126. The van der Waals surface area contributed by atoms with Crippen LogP contribution in [0.2, 0.25) is 0 Å². The molecule has 1 heterocycles. The van der Waals surface area contributed by atoms with Crippen LogP contribution in [0.15, 0.2) is 12.4 Å². The van der Waals surface area contributed by atoms with Gasteiger partial charge in [-0.05, 0) is 25.9 Å². The molecular formula is C11H21N5O. The van der Waals surface area contributed by atoms with Crippen LogP contribution in [0, 0.1) is 0 Å². The van der Waals surface area contributed by atoms with Crippen LogP contribution in [0.1, 0.15) is 19.3 Å². The Morgan fingerprint density at radius 3 is 2.76 bits per heavy atom. The molecule has 1 aromatic heterocycles.